The fourth-order valence-electron chi connectivity index (χ4n) is 4.30. The van der Waals surface area contributed by atoms with Gasteiger partial charge in [0.15, 0.2) is 0 Å². The second-order valence-corrected chi connectivity index (χ2v) is 12.8. The third-order valence-corrected chi connectivity index (χ3v) is 8.02. The first-order valence-electron chi connectivity index (χ1n) is 13.6. The van der Waals surface area contributed by atoms with Crippen LogP contribution in [0.15, 0.2) is 42.5 Å². The van der Waals surface area contributed by atoms with Crippen LogP contribution in [0.3, 0.4) is 0 Å². The number of phenols is 1. The van der Waals surface area contributed by atoms with Gasteiger partial charge in [0.2, 0.25) is 21.8 Å². The van der Waals surface area contributed by atoms with Gasteiger partial charge >= 0.3 is 12.1 Å². The molecule has 0 bridgehead atoms. The lowest BCUT2D eigenvalue weighted by atomic mass is 10.0. The number of alkyl carbamates (subject to hydrolysis) is 1. The molecule has 234 valence electrons. The molecule has 0 aromatic heterocycles. The predicted molar refractivity (Wildman–Crippen MR) is 155 cm³/mol. The van der Waals surface area contributed by atoms with E-state index in [0.717, 1.165) is 0 Å². The Morgan fingerprint density at radius 3 is 2.40 bits per heavy atom. The number of hydrogen-bond acceptors (Lipinski definition) is 10. The number of unbranched alkanes of at least 4 members (excludes halogenated alkanes) is 1. The molecule has 14 heteroatoms. The van der Waals surface area contributed by atoms with Crippen molar-refractivity contribution in [3.63, 3.8) is 0 Å². The van der Waals surface area contributed by atoms with Gasteiger partial charge in [0.05, 0.1) is 20.1 Å². The first kappa shape index (κ1) is 33.2. The van der Waals surface area contributed by atoms with Crippen LogP contribution in [0.2, 0.25) is 0 Å². The van der Waals surface area contributed by atoms with Crippen molar-refractivity contribution in [3.8, 4) is 11.5 Å². The summed E-state index contributed by atoms with van der Waals surface area (Å²) in [5.41, 5.74) is 0.233. The van der Waals surface area contributed by atoms with E-state index in [9.17, 15) is 32.7 Å². The topological polar surface area (TPSA) is 186 Å². The quantitative estimate of drug-likeness (QED) is 0.203. The number of amides is 3. The summed E-state index contributed by atoms with van der Waals surface area (Å²) in [7, 11) is -2.59. The Hall–Kier alpha value is -4.33. The number of nitrogens with one attached hydrogen (secondary N) is 3. The molecule has 1 unspecified atom stereocenters. The van der Waals surface area contributed by atoms with E-state index in [0.29, 0.717) is 24.0 Å². The summed E-state index contributed by atoms with van der Waals surface area (Å²) in [6.45, 7) is 5.56. The number of esters is 1. The number of benzene rings is 2. The average molecular weight is 620 g/mol. The Balaban J connectivity index is 1.58. The molecule has 4 N–H and O–H groups in total. The van der Waals surface area contributed by atoms with Crippen LogP contribution in [-0.4, -0.2) is 69.3 Å². The molecule has 1 aliphatic rings. The van der Waals surface area contributed by atoms with Crippen LogP contribution in [-0.2, 0) is 35.5 Å². The number of carbonyl (C=O) groups excluding carboxylic acids is 4. The highest BCUT2D eigenvalue weighted by Crippen LogP contribution is 2.30. The van der Waals surface area contributed by atoms with Crippen molar-refractivity contribution in [2.24, 2.45) is 0 Å². The number of phenolic OH excluding ortho intramolecular Hbond substituents is 1. The highest BCUT2D eigenvalue weighted by Gasteiger charge is 2.37. The molecular formula is C29H37N3O10S. The summed E-state index contributed by atoms with van der Waals surface area (Å²) in [6.07, 6.45) is 0.166. The zero-order chi connectivity index (χ0) is 31.8. The van der Waals surface area contributed by atoms with Crippen molar-refractivity contribution in [2.75, 3.05) is 20.3 Å². The third kappa shape index (κ3) is 9.60. The van der Waals surface area contributed by atoms with E-state index in [1.165, 1.54) is 25.3 Å². The molecule has 0 spiro atoms. The lowest BCUT2D eigenvalue weighted by molar-refractivity contribution is -0.123. The average Bonchev–Trinajstić information content (AvgIpc) is 3.20. The lowest BCUT2D eigenvalue weighted by Crippen LogP contribution is -2.49. The lowest BCUT2D eigenvalue weighted by Gasteiger charge is -2.23. The smallest absolute Gasteiger partial charge is 0.408 e. The molecule has 1 aliphatic heterocycles. The van der Waals surface area contributed by atoms with E-state index in [-0.39, 0.29) is 43.1 Å². The molecule has 13 nitrogen and oxygen atoms in total. The molecule has 43 heavy (non-hydrogen) atoms. The highest BCUT2D eigenvalue weighted by molar-refractivity contribution is 7.90. The summed E-state index contributed by atoms with van der Waals surface area (Å²) < 4.78 is 42.0. The van der Waals surface area contributed by atoms with Crippen LogP contribution in [0, 0.1) is 0 Å². The normalized spacial score (nSPS) is 16.5. The van der Waals surface area contributed by atoms with Gasteiger partial charge in [-0.15, -0.1) is 0 Å². The number of aromatic hydroxyl groups is 1. The first-order valence-corrected chi connectivity index (χ1v) is 15.2. The summed E-state index contributed by atoms with van der Waals surface area (Å²) in [6, 6.07) is 9.89. The van der Waals surface area contributed by atoms with Gasteiger partial charge < -0.3 is 30.0 Å². The third-order valence-electron chi connectivity index (χ3n) is 6.32. The predicted octanol–water partition coefficient (Wildman–Crippen LogP) is 2.48. The maximum absolute atomic E-state index is 13.1. The van der Waals surface area contributed by atoms with Crippen LogP contribution < -0.4 is 20.1 Å². The van der Waals surface area contributed by atoms with Crippen molar-refractivity contribution in [1.82, 2.24) is 15.4 Å². The zero-order valence-electron chi connectivity index (χ0n) is 24.5. The number of methoxy groups -OCH3 is 1. The highest BCUT2D eigenvalue weighted by atomic mass is 32.2. The van der Waals surface area contributed by atoms with Crippen LogP contribution in [0.4, 0.5) is 4.79 Å². The van der Waals surface area contributed by atoms with E-state index in [2.05, 4.69) is 15.4 Å². The van der Waals surface area contributed by atoms with E-state index < -0.39 is 50.8 Å². The molecule has 0 radical (unpaired) electrons. The van der Waals surface area contributed by atoms with E-state index in [4.69, 9.17) is 9.47 Å². The maximum Gasteiger partial charge on any atom is 0.408 e. The number of carbonyl (C=O) groups is 4. The molecule has 1 saturated heterocycles. The maximum atomic E-state index is 13.1. The number of sulfonamides is 1. The molecule has 0 saturated carbocycles. The van der Waals surface area contributed by atoms with Crippen LogP contribution >= 0.6 is 0 Å². The van der Waals surface area contributed by atoms with E-state index in [1.807, 2.05) is 4.72 Å². The Labute approximate surface area is 250 Å². The van der Waals surface area contributed by atoms with Crippen molar-refractivity contribution in [3.05, 3.63) is 59.2 Å². The van der Waals surface area contributed by atoms with Crippen LogP contribution in [0.1, 0.15) is 66.8 Å². The van der Waals surface area contributed by atoms with E-state index in [1.54, 1.807) is 45.0 Å². The standard InChI is InChI=1S/C29H37N3O10S/c1-29(2,3)42-28(37)31-20(16-18-10-12-19(13-11-18)23-17-24(34)32-43(23,38)39)26(35)30-14-5-6-15-41-22-9-7-8-21(33)25(22)27(36)40-4/h7-13,20,23,33H,5-6,14-17H2,1-4H3,(H,30,35)(H,31,37)(H,32,34)/t20-,23?/m0/s1. The van der Waals surface area contributed by atoms with Gasteiger partial charge in [0.25, 0.3) is 0 Å². The Bertz CT molecular complexity index is 1440. The molecular weight excluding hydrogens is 582 g/mol. The van der Waals surface area contributed by atoms with Gasteiger partial charge in [0, 0.05) is 13.0 Å². The van der Waals surface area contributed by atoms with Gasteiger partial charge in [-0.25, -0.2) is 18.0 Å². The molecule has 3 amide bonds. The minimum atomic E-state index is -3.79. The molecule has 1 heterocycles. The Morgan fingerprint density at radius 2 is 1.79 bits per heavy atom. The Kier molecular flexibility index (Phi) is 11.0. The molecule has 2 aromatic carbocycles. The van der Waals surface area contributed by atoms with Crippen molar-refractivity contribution >= 4 is 33.9 Å². The van der Waals surface area contributed by atoms with Crippen molar-refractivity contribution < 1.29 is 46.9 Å². The number of rotatable bonds is 12. The Morgan fingerprint density at radius 1 is 1.09 bits per heavy atom. The monoisotopic (exact) mass is 619 g/mol. The number of hydrogen-bond donors (Lipinski definition) is 4. The number of ether oxygens (including phenoxy) is 3. The summed E-state index contributed by atoms with van der Waals surface area (Å²) in [5.74, 6) is -1.83. The fraction of sp³-hybridized carbons (Fsp3) is 0.448. The second kappa shape index (κ2) is 14.2. The van der Waals surface area contributed by atoms with Crippen molar-refractivity contribution in [1.29, 1.82) is 0 Å². The molecule has 2 atom stereocenters. The van der Waals surface area contributed by atoms with Gasteiger partial charge in [-0.05, 0) is 56.9 Å². The summed E-state index contributed by atoms with van der Waals surface area (Å²) >= 11 is 0. The molecule has 0 aliphatic carbocycles. The summed E-state index contributed by atoms with van der Waals surface area (Å²) in [5, 5.41) is 14.4. The largest absolute Gasteiger partial charge is 0.507 e. The molecule has 3 rings (SSSR count). The minimum Gasteiger partial charge on any atom is -0.507 e. The minimum absolute atomic E-state index is 0.0718. The zero-order valence-corrected chi connectivity index (χ0v) is 25.3. The first-order chi connectivity index (χ1) is 20.2. The fourth-order valence-corrected chi connectivity index (χ4v) is 5.73. The summed E-state index contributed by atoms with van der Waals surface area (Å²) in [4.78, 5) is 49.1. The van der Waals surface area contributed by atoms with Crippen molar-refractivity contribution in [2.45, 2.75) is 63.3 Å². The SMILES string of the molecule is COC(=O)c1c(O)cccc1OCCCCNC(=O)[C@H](Cc1ccc(C2CC(=O)NS2(=O)=O)cc1)NC(=O)OC(C)(C)C. The molecule has 1 fully saturated rings. The second-order valence-electron chi connectivity index (χ2n) is 10.9. The van der Waals surface area contributed by atoms with Gasteiger partial charge in [-0.2, -0.15) is 0 Å². The van der Waals surface area contributed by atoms with Gasteiger partial charge in [0.1, 0.15) is 34.0 Å². The van der Waals surface area contributed by atoms with E-state index >= 15 is 0 Å². The van der Waals surface area contributed by atoms with Crippen LogP contribution in [0.5, 0.6) is 11.5 Å². The van der Waals surface area contributed by atoms with Gasteiger partial charge in [-0.3, -0.25) is 14.3 Å². The van der Waals surface area contributed by atoms with Gasteiger partial charge in [-0.1, -0.05) is 30.3 Å². The van der Waals surface area contributed by atoms with Crippen LogP contribution in [0.25, 0.3) is 0 Å². The molecule has 2 aromatic rings.